The number of amides is 1. The second-order valence-electron chi connectivity index (χ2n) is 6.24. The van der Waals surface area contributed by atoms with Crippen molar-refractivity contribution < 1.29 is 9.53 Å². The van der Waals surface area contributed by atoms with E-state index in [2.05, 4.69) is 45.1 Å². The monoisotopic (exact) mass is 424 g/mol. The molecule has 0 fully saturated rings. The Morgan fingerprint density at radius 1 is 0.889 bits per heavy atom. The van der Waals surface area contributed by atoms with Gasteiger partial charge in [0.2, 0.25) is 5.91 Å². The Labute approximate surface area is 167 Å². The van der Waals surface area contributed by atoms with Gasteiger partial charge < -0.3 is 15.4 Å². The number of nitrogens with zero attached hydrogens (tertiary/aromatic N) is 1. The molecule has 0 aliphatic heterocycles. The Hall–Kier alpha value is -2.79. The van der Waals surface area contributed by atoms with Crippen molar-refractivity contribution in [3.63, 3.8) is 0 Å². The molecule has 138 valence electrons. The van der Waals surface area contributed by atoms with Crippen molar-refractivity contribution in [1.82, 2.24) is 0 Å². The van der Waals surface area contributed by atoms with Gasteiger partial charge in [0.25, 0.3) is 0 Å². The minimum atomic E-state index is -0.412. The van der Waals surface area contributed by atoms with Crippen LogP contribution in [0, 0.1) is 0 Å². The largest absolute Gasteiger partial charge is 0.497 e. The number of primary amides is 1. The zero-order chi connectivity index (χ0) is 19.2. The van der Waals surface area contributed by atoms with Crippen molar-refractivity contribution in [3.8, 4) is 5.75 Å². The van der Waals surface area contributed by atoms with E-state index >= 15 is 0 Å². The number of halogens is 1. The third kappa shape index (κ3) is 5.11. The van der Waals surface area contributed by atoms with E-state index in [1.54, 1.807) is 19.2 Å². The summed E-state index contributed by atoms with van der Waals surface area (Å²) < 4.78 is 6.28. The van der Waals surface area contributed by atoms with Crippen LogP contribution in [-0.2, 0) is 13.1 Å². The fourth-order valence-corrected chi connectivity index (χ4v) is 3.10. The Morgan fingerprint density at radius 2 is 1.41 bits per heavy atom. The number of carbonyl (C=O) groups is 1. The SMILES string of the molecule is COc1ccc(CN(Cc2ccc(C(N)=O)cc2)c2ccc(Br)cc2)cc1. The molecule has 27 heavy (non-hydrogen) atoms. The Morgan fingerprint density at radius 3 is 1.89 bits per heavy atom. The summed E-state index contributed by atoms with van der Waals surface area (Å²) in [5.74, 6) is 0.431. The van der Waals surface area contributed by atoms with Crippen molar-refractivity contribution in [1.29, 1.82) is 0 Å². The van der Waals surface area contributed by atoms with Crippen molar-refractivity contribution in [2.75, 3.05) is 12.0 Å². The van der Waals surface area contributed by atoms with Crippen molar-refractivity contribution in [2.24, 2.45) is 5.73 Å². The number of methoxy groups -OCH3 is 1. The summed E-state index contributed by atoms with van der Waals surface area (Å²) in [5, 5.41) is 0. The molecular weight excluding hydrogens is 404 g/mol. The lowest BCUT2D eigenvalue weighted by Crippen LogP contribution is -2.22. The number of benzene rings is 3. The van der Waals surface area contributed by atoms with Gasteiger partial charge in [0.05, 0.1) is 7.11 Å². The molecule has 0 heterocycles. The van der Waals surface area contributed by atoms with Gasteiger partial charge in [-0.3, -0.25) is 4.79 Å². The van der Waals surface area contributed by atoms with Crippen LogP contribution in [0.15, 0.2) is 77.3 Å². The van der Waals surface area contributed by atoms with Crippen LogP contribution < -0.4 is 15.4 Å². The predicted octanol–water partition coefficient (Wildman–Crippen LogP) is 4.76. The summed E-state index contributed by atoms with van der Waals surface area (Å²) in [7, 11) is 1.67. The highest BCUT2D eigenvalue weighted by molar-refractivity contribution is 9.10. The number of nitrogens with two attached hydrogens (primary N) is 1. The molecule has 4 nitrogen and oxygen atoms in total. The number of ether oxygens (including phenoxy) is 1. The van der Waals surface area contributed by atoms with Crippen LogP contribution in [0.2, 0.25) is 0 Å². The number of carbonyl (C=O) groups excluding carboxylic acids is 1. The molecule has 3 aromatic rings. The van der Waals surface area contributed by atoms with Gasteiger partial charge in [0.15, 0.2) is 0 Å². The molecule has 1 amide bonds. The van der Waals surface area contributed by atoms with Gasteiger partial charge in [0.1, 0.15) is 5.75 Å². The van der Waals surface area contributed by atoms with Crippen LogP contribution in [0.25, 0.3) is 0 Å². The lowest BCUT2D eigenvalue weighted by molar-refractivity contribution is 0.100. The van der Waals surface area contributed by atoms with Crippen LogP contribution in [0.4, 0.5) is 5.69 Å². The smallest absolute Gasteiger partial charge is 0.248 e. The molecule has 0 aliphatic carbocycles. The van der Waals surface area contributed by atoms with Gasteiger partial charge in [-0.1, -0.05) is 40.2 Å². The first-order valence-corrected chi connectivity index (χ1v) is 9.36. The quantitative estimate of drug-likeness (QED) is 0.594. The molecule has 5 heteroatoms. The maximum atomic E-state index is 11.3. The number of anilines is 1. The van der Waals surface area contributed by atoms with Gasteiger partial charge in [-0.25, -0.2) is 0 Å². The Kier molecular flexibility index (Phi) is 6.14. The van der Waals surface area contributed by atoms with E-state index in [1.165, 1.54) is 5.56 Å². The topological polar surface area (TPSA) is 55.6 Å². The highest BCUT2D eigenvalue weighted by Crippen LogP contribution is 2.23. The minimum Gasteiger partial charge on any atom is -0.497 e. The standard InChI is InChI=1S/C22H21BrN2O2/c1-27-21-12-4-17(5-13-21)15-25(20-10-8-19(23)9-11-20)14-16-2-6-18(7-3-16)22(24)26/h2-13H,14-15H2,1H3,(H2,24,26). The first-order valence-electron chi connectivity index (χ1n) is 8.57. The fraction of sp³-hybridized carbons (Fsp3) is 0.136. The molecule has 3 rings (SSSR count). The van der Waals surface area contributed by atoms with Crippen LogP contribution in [-0.4, -0.2) is 13.0 Å². The molecule has 0 radical (unpaired) electrons. The van der Waals surface area contributed by atoms with Crippen molar-refractivity contribution in [3.05, 3.63) is 94.0 Å². The molecular formula is C22H21BrN2O2. The van der Waals surface area contributed by atoms with E-state index in [-0.39, 0.29) is 0 Å². The first-order chi connectivity index (χ1) is 13.0. The van der Waals surface area contributed by atoms with E-state index in [4.69, 9.17) is 10.5 Å². The Balaban J connectivity index is 1.84. The molecule has 0 atom stereocenters. The molecule has 3 aromatic carbocycles. The summed E-state index contributed by atoms with van der Waals surface area (Å²) in [6, 6.07) is 23.8. The lowest BCUT2D eigenvalue weighted by Gasteiger charge is -2.25. The molecule has 0 spiro atoms. The zero-order valence-corrected chi connectivity index (χ0v) is 16.6. The van der Waals surface area contributed by atoms with Crippen LogP contribution >= 0.6 is 15.9 Å². The normalized spacial score (nSPS) is 10.4. The maximum Gasteiger partial charge on any atom is 0.248 e. The third-order valence-electron chi connectivity index (χ3n) is 4.34. The highest BCUT2D eigenvalue weighted by atomic mass is 79.9. The summed E-state index contributed by atoms with van der Waals surface area (Å²) in [4.78, 5) is 13.6. The van der Waals surface area contributed by atoms with E-state index < -0.39 is 5.91 Å². The summed E-state index contributed by atoms with van der Waals surface area (Å²) in [6.45, 7) is 1.47. The van der Waals surface area contributed by atoms with Crippen LogP contribution in [0.3, 0.4) is 0 Å². The van der Waals surface area contributed by atoms with Gasteiger partial charge in [-0.05, 0) is 59.7 Å². The summed E-state index contributed by atoms with van der Waals surface area (Å²) in [5.41, 5.74) is 9.26. The van der Waals surface area contributed by atoms with Gasteiger partial charge in [-0.15, -0.1) is 0 Å². The maximum absolute atomic E-state index is 11.3. The van der Waals surface area contributed by atoms with Crippen LogP contribution in [0.1, 0.15) is 21.5 Å². The van der Waals surface area contributed by atoms with Crippen molar-refractivity contribution >= 4 is 27.5 Å². The average Bonchev–Trinajstić information content (AvgIpc) is 2.69. The molecule has 0 saturated carbocycles. The lowest BCUT2D eigenvalue weighted by atomic mass is 10.1. The van der Waals surface area contributed by atoms with Gasteiger partial charge >= 0.3 is 0 Å². The second kappa shape index (κ2) is 8.73. The van der Waals surface area contributed by atoms with E-state index in [0.717, 1.165) is 28.0 Å². The summed E-state index contributed by atoms with van der Waals surface area (Å²) in [6.07, 6.45) is 0. The van der Waals surface area contributed by atoms with E-state index in [1.807, 2.05) is 36.4 Å². The van der Waals surface area contributed by atoms with Gasteiger partial charge in [-0.2, -0.15) is 0 Å². The van der Waals surface area contributed by atoms with Crippen molar-refractivity contribution in [2.45, 2.75) is 13.1 Å². The fourth-order valence-electron chi connectivity index (χ4n) is 2.84. The number of hydrogen-bond donors (Lipinski definition) is 1. The molecule has 2 N–H and O–H groups in total. The molecule has 0 saturated heterocycles. The summed E-state index contributed by atoms with van der Waals surface area (Å²) >= 11 is 3.49. The Bertz CT molecular complexity index is 891. The molecule has 0 bridgehead atoms. The highest BCUT2D eigenvalue weighted by Gasteiger charge is 2.10. The average molecular weight is 425 g/mol. The minimum absolute atomic E-state index is 0.412. The second-order valence-corrected chi connectivity index (χ2v) is 7.16. The molecule has 0 aromatic heterocycles. The zero-order valence-electron chi connectivity index (χ0n) is 15.1. The van der Waals surface area contributed by atoms with Crippen LogP contribution in [0.5, 0.6) is 5.75 Å². The van der Waals surface area contributed by atoms with Gasteiger partial charge in [0, 0.05) is 28.8 Å². The number of rotatable bonds is 7. The predicted molar refractivity (Wildman–Crippen MR) is 112 cm³/mol. The molecule has 0 unspecified atom stereocenters. The molecule has 0 aliphatic rings. The van der Waals surface area contributed by atoms with E-state index in [0.29, 0.717) is 12.1 Å². The van der Waals surface area contributed by atoms with E-state index in [9.17, 15) is 4.79 Å². The third-order valence-corrected chi connectivity index (χ3v) is 4.86. The number of hydrogen-bond acceptors (Lipinski definition) is 3. The first kappa shape index (κ1) is 19.0.